The molecule has 0 aliphatic carbocycles. The first-order chi connectivity index (χ1) is 12.1. The van der Waals surface area contributed by atoms with Crippen molar-refractivity contribution in [3.8, 4) is 0 Å². The quantitative estimate of drug-likeness (QED) is 0.606. The summed E-state index contributed by atoms with van der Waals surface area (Å²) in [5.74, 6) is -0.698. The van der Waals surface area contributed by atoms with E-state index < -0.39 is 5.91 Å². The Labute approximate surface area is 144 Å². The van der Waals surface area contributed by atoms with E-state index in [1.807, 2.05) is 66.7 Å². The van der Waals surface area contributed by atoms with E-state index >= 15 is 0 Å². The van der Waals surface area contributed by atoms with Gasteiger partial charge in [-0.1, -0.05) is 54.6 Å². The number of nitrogens with two attached hydrogens (primary N) is 1. The van der Waals surface area contributed by atoms with Gasteiger partial charge in [-0.25, -0.2) is 0 Å². The summed E-state index contributed by atoms with van der Waals surface area (Å²) in [5.41, 5.74) is 7.80. The van der Waals surface area contributed by atoms with Crippen molar-refractivity contribution in [2.24, 2.45) is 5.73 Å². The highest BCUT2D eigenvalue weighted by atomic mass is 16.2. The Hall–Kier alpha value is -3.40. The van der Waals surface area contributed by atoms with Gasteiger partial charge in [-0.05, 0) is 29.8 Å². The molecule has 0 aliphatic heterocycles. The molecule has 4 nitrogen and oxygen atoms in total. The molecule has 2 N–H and O–H groups in total. The Morgan fingerprint density at radius 2 is 1.48 bits per heavy atom. The SMILES string of the molecule is Cc1c(C(N)=O)c2ccccc2n1C(=O)c1cccc2ccccc12. The Kier molecular flexibility index (Phi) is 3.39. The van der Waals surface area contributed by atoms with E-state index in [1.165, 1.54) is 0 Å². The normalized spacial score (nSPS) is 11.1. The molecule has 0 aliphatic rings. The molecule has 0 radical (unpaired) electrons. The van der Waals surface area contributed by atoms with Crippen LogP contribution in [0.25, 0.3) is 21.7 Å². The summed E-state index contributed by atoms with van der Waals surface area (Å²) in [6.07, 6.45) is 0. The molecule has 1 amide bonds. The Morgan fingerprint density at radius 1 is 0.840 bits per heavy atom. The summed E-state index contributed by atoms with van der Waals surface area (Å²) in [6, 6.07) is 20.7. The lowest BCUT2D eigenvalue weighted by Gasteiger charge is -2.10. The summed E-state index contributed by atoms with van der Waals surface area (Å²) >= 11 is 0. The van der Waals surface area contributed by atoms with E-state index in [-0.39, 0.29) is 5.91 Å². The van der Waals surface area contributed by atoms with E-state index in [1.54, 1.807) is 11.5 Å². The molecule has 1 aromatic heterocycles. The number of benzene rings is 3. The lowest BCUT2D eigenvalue weighted by molar-refractivity contribution is 0.0964. The van der Waals surface area contributed by atoms with Crippen molar-refractivity contribution in [2.45, 2.75) is 6.92 Å². The van der Waals surface area contributed by atoms with Gasteiger partial charge in [-0.15, -0.1) is 0 Å². The van der Waals surface area contributed by atoms with Gasteiger partial charge in [-0.2, -0.15) is 0 Å². The molecular formula is C21H16N2O2. The van der Waals surface area contributed by atoms with Crippen LogP contribution in [0.3, 0.4) is 0 Å². The summed E-state index contributed by atoms with van der Waals surface area (Å²) in [4.78, 5) is 25.3. The smallest absolute Gasteiger partial charge is 0.263 e. The minimum atomic E-state index is -0.529. The van der Waals surface area contributed by atoms with Crippen LogP contribution in [0, 0.1) is 6.92 Å². The Bertz CT molecular complexity index is 1150. The highest BCUT2D eigenvalue weighted by molar-refractivity contribution is 6.15. The van der Waals surface area contributed by atoms with Crippen LogP contribution < -0.4 is 5.73 Å². The van der Waals surface area contributed by atoms with E-state index in [9.17, 15) is 9.59 Å². The van der Waals surface area contributed by atoms with Crippen molar-refractivity contribution in [1.82, 2.24) is 4.57 Å². The van der Waals surface area contributed by atoms with Gasteiger partial charge < -0.3 is 5.73 Å². The lowest BCUT2D eigenvalue weighted by Crippen LogP contribution is -2.17. The first-order valence-corrected chi connectivity index (χ1v) is 8.02. The van der Waals surface area contributed by atoms with Crippen LogP contribution >= 0.6 is 0 Å². The molecule has 4 heteroatoms. The van der Waals surface area contributed by atoms with Crippen molar-refractivity contribution in [2.75, 3.05) is 0 Å². The first-order valence-electron chi connectivity index (χ1n) is 8.02. The molecular weight excluding hydrogens is 312 g/mol. The second-order valence-corrected chi connectivity index (χ2v) is 6.01. The van der Waals surface area contributed by atoms with Crippen LogP contribution in [0.2, 0.25) is 0 Å². The number of nitrogens with zero attached hydrogens (tertiary/aromatic N) is 1. The second kappa shape index (κ2) is 5.60. The van der Waals surface area contributed by atoms with Crippen molar-refractivity contribution >= 4 is 33.5 Å². The molecule has 3 aromatic carbocycles. The predicted molar refractivity (Wildman–Crippen MR) is 98.9 cm³/mol. The molecule has 0 bridgehead atoms. The van der Waals surface area contributed by atoms with Crippen molar-refractivity contribution in [3.05, 3.63) is 83.6 Å². The maximum absolute atomic E-state index is 13.3. The van der Waals surface area contributed by atoms with Crippen LogP contribution in [0.4, 0.5) is 0 Å². The fraction of sp³-hybridized carbons (Fsp3) is 0.0476. The van der Waals surface area contributed by atoms with Crippen LogP contribution in [0.5, 0.6) is 0 Å². The largest absolute Gasteiger partial charge is 0.366 e. The molecule has 0 spiro atoms. The van der Waals surface area contributed by atoms with Gasteiger partial charge in [0.05, 0.1) is 11.1 Å². The topological polar surface area (TPSA) is 65.1 Å². The number of amides is 1. The maximum atomic E-state index is 13.3. The molecule has 4 aromatic rings. The molecule has 0 atom stereocenters. The number of carbonyl (C=O) groups excluding carboxylic acids is 2. The summed E-state index contributed by atoms with van der Waals surface area (Å²) in [5, 5.41) is 2.58. The zero-order chi connectivity index (χ0) is 17.6. The summed E-state index contributed by atoms with van der Waals surface area (Å²) in [6.45, 7) is 1.75. The van der Waals surface area contributed by atoms with Gasteiger partial charge in [0.15, 0.2) is 0 Å². The minimum absolute atomic E-state index is 0.169. The second-order valence-electron chi connectivity index (χ2n) is 6.01. The average Bonchev–Trinajstić information content (AvgIpc) is 2.92. The van der Waals surface area contributed by atoms with Crippen LogP contribution in [0.15, 0.2) is 66.7 Å². The van der Waals surface area contributed by atoms with Crippen molar-refractivity contribution in [1.29, 1.82) is 0 Å². The zero-order valence-corrected chi connectivity index (χ0v) is 13.7. The van der Waals surface area contributed by atoms with Gasteiger partial charge >= 0.3 is 0 Å². The van der Waals surface area contributed by atoms with Crippen LogP contribution in [-0.4, -0.2) is 16.4 Å². The van der Waals surface area contributed by atoms with Crippen LogP contribution in [-0.2, 0) is 0 Å². The molecule has 25 heavy (non-hydrogen) atoms. The number of hydrogen-bond acceptors (Lipinski definition) is 2. The number of aromatic nitrogens is 1. The van der Waals surface area contributed by atoms with Gasteiger partial charge in [0.2, 0.25) is 0 Å². The molecule has 1 heterocycles. The number of primary amides is 1. The highest BCUT2D eigenvalue weighted by Gasteiger charge is 2.23. The molecule has 0 unspecified atom stereocenters. The standard InChI is InChI=1S/C21H16N2O2/c1-13-19(20(22)24)17-10-4-5-12-18(17)23(13)21(25)16-11-6-8-14-7-2-3-9-15(14)16/h2-12H,1H3,(H2,22,24). The number of carbonyl (C=O) groups is 2. The average molecular weight is 328 g/mol. The van der Waals surface area contributed by atoms with Gasteiger partial charge in [0.25, 0.3) is 11.8 Å². The minimum Gasteiger partial charge on any atom is -0.366 e. The summed E-state index contributed by atoms with van der Waals surface area (Å²) < 4.78 is 1.58. The Balaban J connectivity index is 2.03. The van der Waals surface area contributed by atoms with E-state index in [4.69, 9.17) is 5.73 Å². The molecule has 0 saturated heterocycles. The third kappa shape index (κ3) is 2.22. The van der Waals surface area contributed by atoms with E-state index in [2.05, 4.69) is 0 Å². The zero-order valence-electron chi connectivity index (χ0n) is 13.7. The van der Waals surface area contributed by atoms with Crippen molar-refractivity contribution in [3.63, 3.8) is 0 Å². The van der Waals surface area contributed by atoms with Crippen molar-refractivity contribution < 1.29 is 9.59 Å². The molecule has 4 rings (SSSR count). The van der Waals surface area contributed by atoms with Gasteiger partial charge in [0.1, 0.15) is 0 Å². The Morgan fingerprint density at radius 3 is 2.24 bits per heavy atom. The first kappa shape index (κ1) is 15.1. The molecule has 122 valence electrons. The molecule has 0 fully saturated rings. The number of para-hydroxylation sites is 1. The third-order valence-corrected chi connectivity index (χ3v) is 4.58. The van der Waals surface area contributed by atoms with Crippen LogP contribution in [0.1, 0.15) is 26.4 Å². The monoisotopic (exact) mass is 328 g/mol. The molecule has 0 saturated carbocycles. The lowest BCUT2D eigenvalue weighted by atomic mass is 10.0. The third-order valence-electron chi connectivity index (χ3n) is 4.58. The maximum Gasteiger partial charge on any atom is 0.263 e. The van der Waals surface area contributed by atoms with E-state index in [0.29, 0.717) is 27.7 Å². The van der Waals surface area contributed by atoms with Gasteiger partial charge in [-0.3, -0.25) is 14.2 Å². The van der Waals surface area contributed by atoms with E-state index in [0.717, 1.165) is 10.8 Å². The van der Waals surface area contributed by atoms with Gasteiger partial charge in [0, 0.05) is 16.6 Å². The fourth-order valence-corrected chi connectivity index (χ4v) is 3.47. The highest BCUT2D eigenvalue weighted by Crippen LogP contribution is 2.28. The number of fused-ring (bicyclic) bond motifs is 2. The predicted octanol–water partition coefficient (Wildman–Crippen LogP) is 3.89. The number of rotatable bonds is 2. The summed E-state index contributed by atoms with van der Waals surface area (Å²) in [7, 11) is 0. The number of hydrogen-bond donors (Lipinski definition) is 1. The fourth-order valence-electron chi connectivity index (χ4n) is 3.47.